The first-order valence-corrected chi connectivity index (χ1v) is 7.51. The number of rotatable bonds is 1. The Morgan fingerprint density at radius 2 is 2.24 bits per heavy atom. The van der Waals surface area contributed by atoms with Crippen molar-refractivity contribution in [2.24, 2.45) is 0 Å². The predicted molar refractivity (Wildman–Crippen MR) is 73.1 cm³/mol. The lowest BCUT2D eigenvalue weighted by molar-refractivity contribution is 0.0771. The van der Waals surface area contributed by atoms with Crippen molar-refractivity contribution in [2.45, 2.75) is 6.42 Å². The van der Waals surface area contributed by atoms with E-state index in [1.165, 1.54) is 9.40 Å². The van der Waals surface area contributed by atoms with Gasteiger partial charge in [-0.25, -0.2) is 0 Å². The van der Waals surface area contributed by atoms with Crippen LogP contribution in [0.3, 0.4) is 0 Å². The molecule has 0 aromatic carbocycles. The van der Waals surface area contributed by atoms with Gasteiger partial charge in [0, 0.05) is 29.0 Å². The number of thiophene rings is 2. The van der Waals surface area contributed by atoms with E-state index in [-0.39, 0.29) is 5.91 Å². The highest BCUT2D eigenvalue weighted by Crippen LogP contribution is 2.30. The van der Waals surface area contributed by atoms with Crippen LogP contribution in [0, 0.1) is 0 Å². The third-order valence-electron chi connectivity index (χ3n) is 2.98. The van der Waals surface area contributed by atoms with Crippen LogP contribution in [-0.2, 0) is 0 Å². The third-order valence-corrected chi connectivity index (χ3v) is 5.06. The Morgan fingerprint density at radius 1 is 1.29 bits per heavy atom. The molecule has 2 aromatic rings. The quantitative estimate of drug-likeness (QED) is 0.859. The largest absolute Gasteiger partial charge is 0.337 e. The number of hydrogen-bond donors (Lipinski definition) is 1. The van der Waals surface area contributed by atoms with Gasteiger partial charge >= 0.3 is 0 Å². The van der Waals surface area contributed by atoms with Gasteiger partial charge in [0.05, 0.1) is 4.88 Å². The molecule has 0 saturated carbocycles. The normalized spacial score (nSPS) is 17.3. The van der Waals surface area contributed by atoms with Gasteiger partial charge in [0.1, 0.15) is 0 Å². The molecule has 0 radical (unpaired) electrons. The zero-order chi connectivity index (χ0) is 11.7. The van der Waals surface area contributed by atoms with E-state index in [9.17, 15) is 4.79 Å². The van der Waals surface area contributed by atoms with E-state index >= 15 is 0 Å². The molecule has 0 unspecified atom stereocenters. The van der Waals surface area contributed by atoms with Crippen molar-refractivity contribution in [3.05, 3.63) is 22.4 Å². The number of nitrogens with zero attached hydrogens (tertiary/aromatic N) is 1. The maximum atomic E-state index is 12.3. The zero-order valence-corrected chi connectivity index (χ0v) is 11.1. The maximum absolute atomic E-state index is 12.3. The second kappa shape index (κ2) is 4.76. The maximum Gasteiger partial charge on any atom is 0.264 e. The molecule has 0 spiro atoms. The monoisotopic (exact) mass is 266 g/mol. The second-order valence-electron chi connectivity index (χ2n) is 4.16. The minimum atomic E-state index is 0.196. The highest BCUT2D eigenvalue weighted by molar-refractivity contribution is 7.27. The molecule has 1 fully saturated rings. The van der Waals surface area contributed by atoms with E-state index in [0.717, 1.165) is 37.5 Å². The van der Waals surface area contributed by atoms with Gasteiger partial charge < -0.3 is 10.2 Å². The molecule has 0 bridgehead atoms. The first-order chi connectivity index (χ1) is 8.34. The van der Waals surface area contributed by atoms with Crippen LogP contribution in [0.5, 0.6) is 0 Å². The minimum absolute atomic E-state index is 0.196. The van der Waals surface area contributed by atoms with Crippen LogP contribution < -0.4 is 5.32 Å². The van der Waals surface area contributed by atoms with Crippen molar-refractivity contribution in [3.8, 4) is 0 Å². The summed E-state index contributed by atoms with van der Waals surface area (Å²) in [6.45, 7) is 3.62. The molecule has 2 aromatic heterocycles. The Hall–Kier alpha value is -0.910. The molecule has 3 rings (SSSR count). The van der Waals surface area contributed by atoms with Gasteiger partial charge in [0.2, 0.25) is 0 Å². The van der Waals surface area contributed by atoms with E-state index < -0.39 is 0 Å². The molecular weight excluding hydrogens is 252 g/mol. The van der Waals surface area contributed by atoms with Gasteiger partial charge in [-0.2, -0.15) is 0 Å². The summed E-state index contributed by atoms with van der Waals surface area (Å²) in [5, 5.41) is 5.39. The minimum Gasteiger partial charge on any atom is -0.337 e. The summed E-state index contributed by atoms with van der Waals surface area (Å²) in [5.41, 5.74) is 0. The first-order valence-electron chi connectivity index (χ1n) is 5.81. The summed E-state index contributed by atoms with van der Waals surface area (Å²) >= 11 is 3.31. The number of hydrogen-bond acceptors (Lipinski definition) is 4. The fraction of sp³-hybridized carbons (Fsp3) is 0.417. The highest BCUT2D eigenvalue weighted by Gasteiger charge is 2.19. The number of fused-ring (bicyclic) bond motifs is 1. The van der Waals surface area contributed by atoms with Crippen LogP contribution in [-0.4, -0.2) is 37.0 Å². The Kier molecular flexibility index (Phi) is 3.13. The van der Waals surface area contributed by atoms with Crippen molar-refractivity contribution in [1.29, 1.82) is 0 Å². The van der Waals surface area contributed by atoms with E-state index in [1.807, 2.05) is 11.0 Å². The lowest BCUT2D eigenvalue weighted by atomic mass is 10.3. The lowest BCUT2D eigenvalue weighted by Crippen LogP contribution is -2.33. The van der Waals surface area contributed by atoms with Gasteiger partial charge in [0.25, 0.3) is 5.91 Å². The van der Waals surface area contributed by atoms with Crippen molar-refractivity contribution < 1.29 is 4.79 Å². The van der Waals surface area contributed by atoms with Crippen LogP contribution in [0.25, 0.3) is 9.40 Å². The van der Waals surface area contributed by atoms with Gasteiger partial charge in [-0.15, -0.1) is 22.7 Å². The molecular formula is C12H14N2OS2. The molecule has 0 atom stereocenters. The van der Waals surface area contributed by atoms with Crippen LogP contribution in [0.4, 0.5) is 0 Å². The summed E-state index contributed by atoms with van der Waals surface area (Å²) in [5.74, 6) is 0.196. The average molecular weight is 266 g/mol. The smallest absolute Gasteiger partial charge is 0.264 e. The Labute approximate surface area is 108 Å². The standard InChI is InChI=1S/C12H14N2OS2/c15-12(14-5-1-3-13-4-6-14)11-8-10-9(17-11)2-7-16-10/h2,7-8,13H,1,3-6H2. The molecule has 1 amide bonds. The molecule has 5 heteroatoms. The SMILES string of the molecule is O=C(c1cc2sccc2s1)N1CCCNCC1. The third kappa shape index (κ3) is 2.22. The molecule has 1 N–H and O–H groups in total. The molecule has 1 aliphatic rings. The first kappa shape index (κ1) is 11.2. The van der Waals surface area contributed by atoms with Crippen LogP contribution in [0.2, 0.25) is 0 Å². The van der Waals surface area contributed by atoms with Crippen molar-refractivity contribution in [2.75, 3.05) is 26.2 Å². The predicted octanol–water partition coefficient (Wildman–Crippen LogP) is 2.40. The number of amides is 1. The summed E-state index contributed by atoms with van der Waals surface area (Å²) < 4.78 is 2.46. The fourth-order valence-electron chi connectivity index (χ4n) is 2.08. The molecule has 17 heavy (non-hydrogen) atoms. The van der Waals surface area contributed by atoms with E-state index in [1.54, 1.807) is 22.7 Å². The fourth-order valence-corrected chi connectivity index (χ4v) is 4.15. The summed E-state index contributed by atoms with van der Waals surface area (Å²) in [6, 6.07) is 4.12. The Bertz CT molecular complexity index is 495. The van der Waals surface area contributed by atoms with Gasteiger partial charge in [-0.05, 0) is 30.5 Å². The molecule has 0 aliphatic carbocycles. The van der Waals surface area contributed by atoms with Crippen LogP contribution >= 0.6 is 22.7 Å². The number of carbonyl (C=O) groups excluding carboxylic acids is 1. The van der Waals surface area contributed by atoms with E-state index in [4.69, 9.17) is 0 Å². The molecule has 1 aliphatic heterocycles. The van der Waals surface area contributed by atoms with Crippen molar-refractivity contribution >= 4 is 38.0 Å². The Morgan fingerprint density at radius 3 is 3.12 bits per heavy atom. The highest BCUT2D eigenvalue weighted by atomic mass is 32.1. The van der Waals surface area contributed by atoms with Gasteiger partial charge in [-0.3, -0.25) is 4.79 Å². The van der Waals surface area contributed by atoms with Crippen LogP contribution in [0.1, 0.15) is 16.1 Å². The Balaban J connectivity index is 1.82. The van der Waals surface area contributed by atoms with E-state index in [0.29, 0.717) is 0 Å². The summed E-state index contributed by atoms with van der Waals surface area (Å²) in [6.07, 6.45) is 1.05. The summed E-state index contributed by atoms with van der Waals surface area (Å²) in [4.78, 5) is 15.2. The van der Waals surface area contributed by atoms with Crippen LogP contribution in [0.15, 0.2) is 17.5 Å². The number of nitrogens with one attached hydrogen (secondary N) is 1. The molecule has 1 saturated heterocycles. The van der Waals surface area contributed by atoms with Gasteiger partial charge in [-0.1, -0.05) is 0 Å². The second-order valence-corrected chi connectivity index (χ2v) is 6.19. The average Bonchev–Trinajstić information content (AvgIpc) is 2.80. The van der Waals surface area contributed by atoms with Crippen molar-refractivity contribution in [1.82, 2.24) is 10.2 Å². The summed E-state index contributed by atoms with van der Waals surface area (Å²) in [7, 11) is 0. The topological polar surface area (TPSA) is 32.3 Å². The zero-order valence-electron chi connectivity index (χ0n) is 9.44. The molecule has 3 nitrogen and oxygen atoms in total. The molecule has 90 valence electrons. The van der Waals surface area contributed by atoms with E-state index in [2.05, 4.69) is 16.8 Å². The number of carbonyl (C=O) groups is 1. The van der Waals surface area contributed by atoms with Gasteiger partial charge in [0.15, 0.2) is 0 Å². The molecule has 3 heterocycles. The lowest BCUT2D eigenvalue weighted by Gasteiger charge is -2.18. The van der Waals surface area contributed by atoms with Crippen molar-refractivity contribution in [3.63, 3.8) is 0 Å².